The lowest BCUT2D eigenvalue weighted by Crippen LogP contribution is -2.50. The highest BCUT2D eigenvalue weighted by Crippen LogP contribution is 2.22. The second-order valence-corrected chi connectivity index (χ2v) is 7.23. The minimum absolute atomic E-state index is 0.734. The van der Waals surface area contributed by atoms with Gasteiger partial charge in [-0.05, 0) is 25.8 Å². The number of nitrogens with zero attached hydrogens (tertiary/aromatic N) is 2. The summed E-state index contributed by atoms with van der Waals surface area (Å²) in [4.78, 5) is 5.02. The molecule has 128 valence electrons. The summed E-state index contributed by atoms with van der Waals surface area (Å²) >= 11 is 0. The first-order chi connectivity index (χ1) is 9.99. The third kappa shape index (κ3) is 10.3. The van der Waals surface area contributed by atoms with E-state index in [-0.39, 0.29) is 0 Å². The maximum absolute atomic E-state index is 2.58. The fourth-order valence-electron chi connectivity index (χ4n) is 3.11. The Morgan fingerprint density at radius 1 is 0.952 bits per heavy atom. The second-order valence-electron chi connectivity index (χ2n) is 7.23. The molecule has 2 aliphatic rings. The highest BCUT2D eigenvalue weighted by molar-refractivity contribution is 4.76. The molecular formula is C19H42N2. The second kappa shape index (κ2) is 12.5. The van der Waals surface area contributed by atoms with Crippen LogP contribution in [0.5, 0.6) is 0 Å². The molecule has 2 heteroatoms. The molecule has 1 aliphatic heterocycles. The van der Waals surface area contributed by atoms with Crippen molar-refractivity contribution in [3.05, 3.63) is 0 Å². The van der Waals surface area contributed by atoms with Crippen molar-refractivity contribution in [3.63, 3.8) is 0 Å². The Kier molecular flexibility index (Phi) is 12.4. The molecule has 0 aromatic rings. The molecule has 1 saturated heterocycles. The van der Waals surface area contributed by atoms with E-state index in [9.17, 15) is 0 Å². The van der Waals surface area contributed by atoms with Gasteiger partial charge in [-0.2, -0.15) is 0 Å². The third-order valence-corrected chi connectivity index (χ3v) is 4.56. The van der Waals surface area contributed by atoms with Crippen molar-refractivity contribution in [1.82, 2.24) is 9.80 Å². The van der Waals surface area contributed by atoms with Gasteiger partial charge >= 0.3 is 0 Å². The van der Waals surface area contributed by atoms with Crippen LogP contribution >= 0.6 is 0 Å². The van der Waals surface area contributed by atoms with Crippen molar-refractivity contribution in [2.24, 2.45) is 11.8 Å². The molecule has 0 spiro atoms. The van der Waals surface area contributed by atoms with Gasteiger partial charge in [-0.15, -0.1) is 0 Å². The maximum Gasteiger partial charge on any atom is 0.0192 e. The summed E-state index contributed by atoms with van der Waals surface area (Å²) < 4.78 is 0. The predicted molar refractivity (Wildman–Crippen MR) is 97.0 cm³/mol. The SMILES string of the molecule is CC.CC(C)CN1CCN(C)C(C)C1.CC1CCCCC1. The minimum atomic E-state index is 0.734. The molecule has 0 bridgehead atoms. The molecule has 21 heavy (non-hydrogen) atoms. The minimum Gasteiger partial charge on any atom is -0.301 e. The van der Waals surface area contributed by atoms with Crippen LogP contribution in [0, 0.1) is 11.8 Å². The third-order valence-electron chi connectivity index (χ3n) is 4.56. The van der Waals surface area contributed by atoms with Crippen molar-refractivity contribution < 1.29 is 0 Å². The van der Waals surface area contributed by atoms with E-state index in [4.69, 9.17) is 0 Å². The summed E-state index contributed by atoms with van der Waals surface area (Å²) in [5.41, 5.74) is 0. The molecule has 1 saturated carbocycles. The lowest BCUT2D eigenvalue weighted by atomic mass is 9.91. The lowest BCUT2D eigenvalue weighted by Gasteiger charge is -2.38. The van der Waals surface area contributed by atoms with Gasteiger partial charge in [0.25, 0.3) is 0 Å². The first kappa shape index (κ1) is 20.9. The van der Waals surface area contributed by atoms with Gasteiger partial charge < -0.3 is 9.80 Å². The molecular weight excluding hydrogens is 256 g/mol. The summed E-state index contributed by atoms with van der Waals surface area (Å²) in [5.74, 6) is 1.84. The van der Waals surface area contributed by atoms with Crippen LogP contribution in [-0.2, 0) is 0 Å². The van der Waals surface area contributed by atoms with Crippen molar-refractivity contribution >= 4 is 0 Å². The normalized spacial score (nSPS) is 24.9. The Labute approximate surface area is 135 Å². The van der Waals surface area contributed by atoms with E-state index >= 15 is 0 Å². The molecule has 2 fully saturated rings. The van der Waals surface area contributed by atoms with E-state index in [0.29, 0.717) is 0 Å². The van der Waals surface area contributed by atoms with Gasteiger partial charge in [0.2, 0.25) is 0 Å². The van der Waals surface area contributed by atoms with E-state index in [1.807, 2.05) is 13.8 Å². The highest BCUT2D eigenvalue weighted by Gasteiger charge is 2.20. The molecule has 1 atom stereocenters. The molecule has 2 rings (SSSR count). The van der Waals surface area contributed by atoms with E-state index in [2.05, 4.69) is 44.5 Å². The number of rotatable bonds is 2. The molecule has 1 heterocycles. The van der Waals surface area contributed by atoms with Crippen LogP contribution in [0.3, 0.4) is 0 Å². The van der Waals surface area contributed by atoms with E-state index in [1.165, 1.54) is 58.3 Å². The monoisotopic (exact) mass is 298 g/mol. The molecule has 0 amide bonds. The van der Waals surface area contributed by atoms with Crippen molar-refractivity contribution in [3.8, 4) is 0 Å². The van der Waals surface area contributed by atoms with Crippen LogP contribution in [0.1, 0.15) is 73.6 Å². The summed E-state index contributed by atoms with van der Waals surface area (Å²) in [6, 6.07) is 0.734. The van der Waals surface area contributed by atoms with E-state index in [0.717, 1.165) is 17.9 Å². The smallest absolute Gasteiger partial charge is 0.0192 e. The van der Waals surface area contributed by atoms with Gasteiger partial charge in [0.1, 0.15) is 0 Å². The zero-order valence-corrected chi connectivity index (χ0v) is 16.0. The largest absolute Gasteiger partial charge is 0.301 e. The molecule has 1 unspecified atom stereocenters. The summed E-state index contributed by atoms with van der Waals surface area (Å²) in [6.45, 7) is 18.2. The highest BCUT2D eigenvalue weighted by atomic mass is 15.3. The van der Waals surface area contributed by atoms with Crippen molar-refractivity contribution in [2.75, 3.05) is 33.2 Å². The fourth-order valence-corrected chi connectivity index (χ4v) is 3.11. The van der Waals surface area contributed by atoms with Crippen molar-refractivity contribution in [2.45, 2.75) is 79.7 Å². The average Bonchev–Trinajstić information content (AvgIpc) is 2.46. The van der Waals surface area contributed by atoms with Crippen LogP contribution in [0.25, 0.3) is 0 Å². The Balaban J connectivity index is 0.000000377. The van der Waals surface area contributed by atoms with Crippen LogP contribution in [0.15, 0.2) is 0 Å². The van der Waals surface area contributed by atoms with Crippen LogP contribution < -0.4 is 0 Å². The zero-order chi connectivity index (χ0) is 16.3. The van der Waals surface area contributed by atoms with Gasteiger partial charge in [0.05, 0.1) is 0 Å². The predicted octanol–water partition coefficient (Wildman–Crippen LogP) is 4.89. The summed E-state index contributed by atoms with van der Waals surface area (Å²) in [6.07, 6.45) is 7.44. The summed E-state index contributed by atoms with van der Waals surface area (Å²) in [5, 5.41) is 0. The van der Waals surface area contributed by atoms with Gasteiger partial charge in [0.15, 0.2) is 0 Å². The molecule has 0 aromatic heterocycles. The maximum atomic E-state index is 2.58. The molecule has 1 aliphatic carbocycles. The first-order valence-corrected chi connectivity index (χ1v) is 9.41. The molecule has 0 radical (unpaired) electrons. The van der Waals surface area contributed by atoms with Crippen LogP contribution in [0.4, 0.5) is 0 Å². The number of hydrogen-bond donors (Lipinski definition) is 0. The summed E-state index contributed by atoms with van der Waals surface area (Å²) in [7, 11) is 2.22. The lowest BCUT2D eigenvalue weighted by molar-refractivity contribution is 0.0963. The molecule has 2 nitrogen and oxygen atoms in total. The average molecular weight is 299 g/mol. The zero-order valence-electron chi connectivity index (χ0n) is 16.0. The van der Waals surface area contributed by atoms with Crippen LogP contribution in [-0.4, -0.2) is 49.1 Å². The van der Waals surface area contributed by atoms with Crippen LogP contribution in [0.2, 0.25) is 0 Å². The first-order valence-electron chi connectivity index (χ1n) is 9.41. The molecule has 0 N–H and O–H groups in total. The Hall–Kier alpha value is -0.0800. The number of likely N-dealkylation sites (N-methyl/N-ethyl adjacent to an activating group) is 1. The Morgan fingerprint density at radius 2 is 1.52 bits per heavy atom. The van der Waals surface area contributed by atoms with Gasteiger partial charge in [-0.25, -0.2) is 0 Å². The Bertz CT molecular complexity index is 222. The van der Waals surface area contributed by atoms with Crippen molar-refractivity contribution in [1.29, 1.82) is 0 Å². The number of hydrogen-bond acceptors (Lipinski definition) is 2. The molecule has 0 aromatic carbocycles. The van der Waals surface area contributed by atoms with Gasteiger partial charge in [-0.3, -0.25) is 0 Å². The fraction of sp³-hybridized carbons (Fsp3) is 1.00. The standard InChI is InChI=1S/C10H22N2.C7H14.C2H6/c1-9(2)7-12-6-5-11(4)10(3)8-12;1-7-5-3-2-4-6-7;1-2/h9-10H,5-8H2,1-4H3;7H,2-6H2,1H3;1-2H3. The van der Waals surface area contributed by atoms with E-state index in [1.54, 1.807) is 0 Å². The van der Waals surface area contributed by atoms with E-state index < -0.39 is 0 Å². The number of piperazine rings is 1. The van der Waals surface area contributed by atoms with Gasteiger partial charge in [0, 0.05) is 32.2 Å². The van der Waals surface area contributed by atoms with Gasteiger partial charge in [-0.1, -0.05) is 66.7 Å². The Morgan fingerprint density at radius 3 is 1.90 bits per heavy atom. The quantitative estimate of drug-likeness (QED) is 0.716. The topological polar surface area (TPSA) is 6.48 Å².